The van der Waals surface area contributed by atoms with Crippen molar-refractivity contribution in [1.82, 2.24) is 10.2 Å². The zero-order valence-electron chi connectivity index (χ0n) is 22.0. The van der Waals surface area contributed by atoms with E-state index >= 15 is 0 Å². The van der Waals surface area contributed by atoms with Gasteiger partial charge in [0.2, 0.25) is 21.8 Å². The number of halogens is 1. The maximum absolute atomic E-state index is 14.4. The molecule has 1 fully saturated rings. The van der Waals surface area contributed by atoms with Gasteiger partial charge >= 0.3 is 0 Å². The minimum atomic E-state index is -3.56. The first kappa shape index (κ1) is 28.6. The maximum atomic E-state index is 14.4. The van der Waals surface area contributed by atoms with Crippen molar-refractivity contribution in [2.24, 2.45) is 0 Å². The van der Waals surface area contributed by atoms with Crippen LogP contribution in [0.4, 0.5) is 10.1 Å². The smallest absolute Gasteiger partial charge is 0.242 e. The molecule has 0 spiro atoms. The number of nitrogens with zero attached hydrogens (tertiary/aromatic N) is 2. The summed E-state index contributed by atoms with van der Waals surface area (Å²) < 4.78 is 40.7. The number of anilines is 1. The van der Waals surface area contributed by atoms with E-state index in [4.69, 9.17) is 0 Å². The molecule has 1 aliphatic rings. The van der Waals surface area contributed by atoms with E-state index in [-0.39, 0.29) is 43.8 Å². The van der Waals surface area contributed by atoms with Crippen molar-refractivity contribution in [3.05, 3.63) is 65.5 Å². The first-order valence-electron chi connectivity index (χ1n) is 13.0. The lowest BCUT2D eigenvalue weighted by atomic mass is 10.1. The van der Waals surface area contributed by atoms with E-state index in [9.17, 15) is 22.4 Å². The molecule has 2 aromatic rings. The van der Waals surface area contributed by atoms with Gasteiger partial charge in [0.1, 0.15) is 11.9 Å². The quantitative estimate of drug-likeness (QED) is 0.440. The molecule has 7 nitrogen and oxygen atoms in total. The Morgan fingerprint density at radius 2 is 1.73 bits per heavy atom. The number of amides is 2. The number of hydrogen-bond acceptors (Lipinski definition) is 4. The summed E-state index contributed by atoms with van der Waals surface area (Å²) in [7, 11) is -3.56. The van der Waals surface area contributed by atoms with E-state index in [1.165, 1.54) is 15.3 Å². The molecule has 1 unspecified atom stereocenters. The van der Waals surface area contributed by atoms with Crippen LogP contribution in [-0.2, 0) is 32.6 Å². The van der Waals surface area contributed by atoms with Crippen LogP contribution in [0.2, 0.25) is 0 Å². The number of rotatable bonds is 12. The number of benzene rings is 2. The second-order valence-electron chi connectivity index (χ2n) is 9.74. The van der Waals surface area contributed by atoms with Crippen molar-refractivity contribution in [3.8, 4) is 0 Å². The Morgan fingerprint density at radius 1 is 1.08 bits per heavy atom. The van der Waals surface area contributed by atoms with Crippen LogP contribution in [0, 0.1) is 5.82 Å². The number of nitrogens with one attached hydrogen (secondary N) is 1. The number of sulfonamides is 1. The monoisotopic (exact) mass is 531 g/mol. The Hall–Kier alpha value is -2.94. The molecule has 0 radical (unpaired) electrons. The highest BCUT2D eigenvalue weighted by Crippen LogP contribution is 2.21. The van der Waals surface area contributed by atoms with E-state index in [0.717, 1.165) is 43.9 Å². The van der Waals surface area contributed by atoms with Gasteiger partial charge in [0.05, 0.1) is 11.9 Å². The highest BCUT2D eigenvalue weighted by atomic mass is 32.2. The van der Waals surface area contributed by atoms with Gasteiger partial charge in [-0.3, -0.25) is 13.9 Å². The molecule has 9 heteroatoms. The third-order valence-electron chi connectivity index (χ3n) is 6.95. The minimum absolute atomic E-state index is 0.0224. The topological polar surface area (TPSA) is 86.8 Å². The zero-order chi connectivity index (χ0) is 27.0. The molecule has 1 atom stereocenters. The highest BCUT2D eigenvalue weighted by molar-refractivity contribution is 7.92. The average molecular weight is 532 g/mol. The van der Waals surface area contributed by atoms with Crippen molar-refractivity contribution in [1.29, 1.82) is 0 Å². The summed E-state index contributed by atoms with van der Waals surface area (Å²) in [6.07, 6.45) is 6.23. The molecule has 0 saturated heterocycles. The molecule has 37 heavy (non-hydrogen) atoms. The van der Waals surface area contributed by atoms with E-state index < -0.39 is 21.9 Å². The van der Waals surface area contributed by atoms with Crippen LogP contribution in [0.3, 0.4) is 0 Å². The fourth-order valence-electron chi connectivity index (χ4n) is 4.69. The van der Waals surface area contributed by atoms with E-state index in [1.54, 1.807) is 37.3 Å². The summed E-state index contributed by atoms with van der Waals surface area (Å²) in [6.45, 7) is 3.75. The van der Waals surface area contributed by atoms with E-state index in [1.807, 2.05) is 19.1 Å². The third kappa shape index (κ3) is 8.02. The van der Waals surface area contributed by atoms with Gasteiger partial charge in [0.15, 0.2) is 0 Å². The standard InChI is InChI=1S/C28H38FN3O4S/c1-4-22-15-17-25(18-16-22)32(37(3,35)36)19-9-14-27(33)31(20-23-10-5-8-13-26(23)29)21(2)28(34)30-24-11-6-7-12-24/h5,8,10,13,15-18,21,24H,4,6-7,9,11-12,14,19-20H2,1-3H3,(H,30,34). The van der Waals surface area contributed by atoms with Crippen molar-refractivity contribution in [3.63, 3.8) is 0 Å². The van der Waals surface area contributed by atoms with Gasteiger partial charge in [-0.25, -0.2) is 12.8 Å². The van der Waals surface area contributed by atoms with Gasteiger partial charge in [0, 0.05) is 31.1 Å². The second kappa shape index (κ2) is 13.0. The first-order valence-corrected chi connectivity index (χ1v) is 14.8. The van der Waals surface area contributed by atoms with Crippen molar-refractivity contribution < 1.29 is 22.4 Å². The van der Waals surface area contributed by atoms with Gasteiger partial charge < -0.3 is 10.2 Å². The Bertz CT molecular complexity index is 1160. The summed E-state index contributed by atoms with van der Waals surface area (Å²) >= 11 is 0. The molecule has 2 amide bonds. The molecular formula is C28H38FN3O4S. The zero-order valence-corrected chi connectivity index (χ0v) is 22.8. The lowest BCUT2D eigenvalue weighted by molar-refractivity contribution is -0.141. The SMILES string of the molecule is CCc1ccc(N(CCCC(=O)N(Cc2ccccc2F)C(C)C(=O)NC2CCCC2)S(C)(=O)=O)cc1. The van der Waals surface area contributed by atoms with Crippen molar-refractivity contribution in [2.75, 3.05) is 17.1 Å². The molecule has 2 aromatic carbocycles. The van der Waals surface area contributed by atoms with Crippen molar-refractivity contribution in [2.45, 2.75) is 77.4 Å². The molecule has 0 heterocycles. The lowest BCUT2D eigenvalue weighted by Gasteiger charge is -2.30. The van der Waals surface area contributed by atoms with Gasteiger partial charge in [0.25, 0.3) is 0 Å². The lowest BCUT2D eigenvalue weighted by Crippen LogP contribution is -2.49. The Kier molecular flexibility index (Phi) is 10.1. The molecule has 0 aliphatic heterocycles. The number of carbonyl (C=O) groups excluding carboxylic acids is 2. The van der Waals surface area contributed by atoms with Gasteiger partial charge in [-0.1, -0.05) is 50.1 Å². The largest absolute Gasteiger partial charge is 0.352 e. The first-order chi connectivity index (χ1) is 17.6. The summed E-state index contributed by atoms with van der Waals surface area (Å²) in [5, 5.41) is 3.03. The molecule has 1 N–H and O–H groups in total. The molecule has 0 bridgehead atoms. The third-order valence-corrected chi connectivity index (χ3v) is 8.15. The van der Waals surface area contributed by atoms with Gasteiger partial charge in [-0.15, -0.1) is 0 Å². The molecule has 1 saturated carbocycles. The Balaban J connectivity index is 1.72. The number of carbonyl (C=O) groups is 2. The molecule has 3 rings (SSSR count). The predicted molar refractivity (Wildman–Crippen MR) is 144 cm³/mol. The van der Waals surface area contributed by atoms with Gasteiger partial charge in [-0.05, 0) is 56.4 Å². The molecule has 202 valence electrons. The molecular weight excluding hydrogens is 493 g/mol. The second-order valence-corrected chi connectivity index (χ2v) is 11.6. The average Bonchev–Trinajstić information content (AvgIpc) is 3.38. The summed E-state index contributed by atoms with van der Waals surface area (Å²) in [6, 6.07) is 12.8. The van der Waals surface area contributed by atoms with Crippen LogP contribution < -0.4 is 9.62 Å². The summed E-state index contributed by atoms with van der Waals surface area (Å²) in [5.74, 6) is -1.03. The minimum Gasteiger partial charge on any atom is -0.352 e. The number of hydrogen-bond donors (Lipinski definition) is 1. The summed E-state index contributed by atoms with van der Waals surface area (Å²) in [5.41, 5.74) is 1.96. The molecule has 1 aliphatic carbocycles. The maximum Gasteiger partial charge on any atom is 0.242 e. The predicted octanol–water partition coefficient (Wildman–Crippen LogP) is 4.41. The number of aryl methyl sites for hydroxylation is 1. The molecule has 0 aromatic heterocycles. The Morgan fingerprint density at radius 3 is 2.32 bits per heavy atom. The van der Waals surface area contributed by atoms with Crippen LogP contribution in [-0.4, -0.2) is 50.0 Å². The van der Waals surface area contributed by atoms with E-state index in [0.29, 0.717) is 11.3 Å². The van der Waals surface area contributed by atoms with Crippen molar-refractivity contribution >= 4 is 27.5 Å². The normalized spacial score (nSPS) is 14.8. The van der Waals surface area contributed by atoms with Crippen LogP contribution in [0.1, 0.15) is 63.5 Å². The van der Waals surface area contributed by atoms with Gasteiger partial charge in [-0.2, -0.15) is 0 Å². The summed E-state index contributed by atoms with van der Waals surface area (Å²) in [4.78, 5) is 27.7. The van der Waals surface area contributed by atoms with Crippen LogP contribution in [0.15, 0.2) is 48.5 Å². The Labute approximate surface area is 220 Å². The fourth-order valence-corrected chi connectivity index (χ4v) is 5.65. The van der Waals surface area contributed by atoms with E-state index in [2.05, 4.69) is 5.32 Å². The fraction of sp³-hybridized carbons (Fsp3) is 0.500. The van der Waals surface area contributed by atoms with Crippen LogP contribution in [0.5, 0.6) is 0 Å². The van der Waals surface area contributed by atoms with Crippen LogP contribution in [0.25, 0.3) is 0 Å². The van der Waals surface area contributed by atoms with Crippen LogP contribution >= 0.6 is 0 Å². The highest BCUT2D eigenvalue weighted by Gasteiger charge is 2.29.